The Kier molecular flexibility index (Phi) is 4.03. The van der Waals surface area contributed by atoms with Gasteiger partial charge < -0.3 is 24.8 Å². The fourth-order valence-corrected chi connectivity index (χ4v) is 2.30. The standard InChI is InChI=1S/C11H18N2O5/c1-17-10(15)9-4-8(14)5-13(9)11(16)12-7-2-3-18-6-7/h7-9,14H,2-6H2,1H3,(H,12,16). The molecule has 0 radical (unpaired) electrons. The molecule has 0 aromatic rings. The maximum atomic E-state index is 12.0. The average molecular weight is 258 g/mol. The molecule has 0 spiro atoms. The number of ether oxygens (including phenoxy) is 2. The summed E-state index contributed by atoms with van der Waals surface area (Å²) in [6.45, 7) is 1.28. The first-order valence-electron chi connectivity index (χ1n) is 6.02. The zero-order valence-corrected chi connectivity index (χ0v) is 10.3. The van der Waals surface area contributed by atoms with Crippen LogP contribution in [0.3, 0.4) is 0 Å². The summed E-state index contributed by atoms with van der Waals surface area (Å²) < 4.78 is 9.80. The SMILES string of the molecule is COC(=O)C1CC(O)CN1C(=O)NC1CCOC1. The van der Waals surface area contributed by atoms with Crippen molar-refractivity contribution in [1.82, 2.24) is 10.2 Å². The first kappa shape index (κ1) is 13.1. The van der Waals surface area contributed by atoms with Crippen molar-refractivity contribution in [2.45, 2.75) is 31.0 Å². The van der Waals surface area contributed by atoms with E-state index < -0.39 is 18.1 Å². The van der Waals surface area contributed by atoms with E-state index in [0.29, 0.717) is 13.2 Å². The molecule has 0 bridgehead atoms. The summed E-state index contributed by atoms with van der Waals surface area (Å²) in [5, 5.41) is 12.4. The molecular formula is C11H18N2O5. The van der Waals surface area contributed by atoms with Crippen LogP contribution in [-0.4, -0.2) is 67.1 Å². The number of nitrogens with zero attached hydrogens (tertiary/aromatic N) is 1. The van der Waals surface area contributed by atoms with Gasteiger partial charge in [-0.15, -0.1) is 0 Å². The van der Waals surface area contributed by atoms with Crippen LogP contribution in [0.25, 0.3) is 0 Å². The molecule has 7 heteroatoms. The summed E-state index contributed by atoms with van der Waals surface area (Å²) in [6, 6.07) is -1.07. The summed E-state index contributed by atoms with van der Waals surface area (Å²) in [7, 11) is 1.27. The van der Waals surface area contributed by atoms with Crippen LogP contribution in [0.2, 0.25) is 0 Å². The third-order valence-electron chi connectivity index (χ3n) is 3.27. The van der Waals surface area contributed by atoms with E-state index in [1.54, 1.807) is 0 Å². The molecule has 0 saturated carbocycles. The molecule has 3 atom stereocenters. The number of urea groups is 1. The molecule has 2 heterocycles. The number of β-amino-alcohol motifs (C(OH)–C–C–N with tert-alkyl or cyclic N) is 1. The highest BCUT2D eigenvalue weighted by Gasteiger charge is 2.40. The van der Waals surface area contributed by atoms with E-state index in [0.717, 1.165) is 6.42 Å². The minimum Gasteiger partial charge on any atom is -0.467 e. The topological polar surface area (TPSA) is 88.1 Å². The molecule has 7 nitrogen and oxygen atoms in total. The Balaban J connectivity index is 1.96. The monoisotopic (exact) mass is 258 g/mol. The summed E-state index contributed by atoms with van der Waals surface area (Å²) in [5.74, 6) is -0.496. The van der Waals surface area contributed by atoms with Crippen molar-refractivity contribution in [3.8, 4) is 0 Å². The highest BCUT2D eigenvalue weighted by Crippen LogP contribution is 2.19. The van der Waals surface area contributed by atoms with Gasteiger partial charge in [0.1, 0.15) is 6.04 Å². The van der Waals surface area contributed by atoms with E-state index in [2.05, 4.69) is 10.1 Å². The average Bonchev–Trinajstić information content (AvgIpc) is 2.97. The van der Waals surface area contributed by atoms with Crippen molar-refractivity contribution in [3.63, 3.8) is 0 Å². The van der Waals surface area contributed by atoms with Crippen molar-refractivity contribution < 1.29 is 24.2 Å². The molecule has 0 aromatic heterocycles. The van der Waals surface area contributed by atoms with E-state index in [-0.39, 0.29) is 25.0 Å². The quantitative estimate of drug-likeness (QED) is 0.626. The van der Waals surface area contributed by atoms with Crippen molar-refractivity contribution in [2.75, 3.05) is 26.9 Å². The zero-order chi connectivity index (χ0) is 13.1. The highest BCUT2D eigenvalue weighted by atomic mass is 16.5. The van der Waals surface area contributed by atoms with Gasteiger partial charge in [-0.05, 0) is 6.42 Å². The van der Waals surface area contributed by atoms with Gasteiger partial charge in [-0.1, -0.05) is 0 Å². The number of nitrogens with one attached hydrogen (secondary N) is 1. The van der Waals surface area contributed by atoms with Crippen LogP contribution < -0.4 is 5.32 Å². The molecule has 2 N–H and O–H groups in total. The second-order valence-electron chi connectivity index (χ2n) is 4.59. The minimum atomic E-state index is -0.702. The van der Waals surface area contributed by atoms with Crippen LogP contribution in [0, 0.1) is 0 Å². The predicted octanol–water partition coefficient (Wildman–Crippen LogP) is -0.907. The first-order valence-corrected chi connectivity index (χ1v) is 6.02. The smallest absolute Gasteiger partial charge is 0.328 e. The number of aliphatic hydroxyl groups is 1. The Hall–Kier alpha value is -1.34. The van der Waals surface area contributed by atoms with Crippen molar-refractivity contribution in [3.05, 3.63) is 0 Å². The minimum absolute atomic E-state index is 0.0199. The van der Waals surface area contributed by atoms with E-state index in [1.165, 1.54) is 12.0 Å². The third kappa shape index (κ3) is 2.73. The second kappa shape index (κ2) is 5.53. The molecule has 0 aliphatic carbocycles. The van der Waals surface area contributed by atoms with Crippen LogP contribution in [0.4, 0.5) is 4.79 Å². The number of carbonyl (C=O) groups excluding carboxylic acids is 2. The van der Waals surface area contributed by atoms with Crippen molar-refractivity contribution in [2.24, 2.45) is 0 Å². The van der Waals surface area contributed by atoms with Gasteiger partial charge in [0.15, 0.2) is 0 Å². The number of hydrogen-bond donors (Lipinski definition) is 2. The van der Waals surface area contributed by atoms with Gasteiger partial charge in [0.25, 0.3) is 0 Å². The maximum absolute atomic E-state index is 12.0. The van der Waals surface area contributed by atoms with Gasteiger partial charge in [-0.25, -0.2) is 9.59 Å². The molecule has 2 fully saturated rings. The lowest BCUT2D eigenvalue weighted by Gasteiger charge is -2.24. The van der Waals surface area contributed by atoms with E-state index in [9.17, 15) is 14.7 Å². The Morgan fingerprint density at radius 1 is 1.50 bits per heavy atom. The maximum Gasteiger partial charge on any atom is 0.328 e. The first-order chi connectivity index (χ1) is 8.61. The van der Waals surface area contributed by atoms with Crippen LogP contribution in [0.1, 0.15) is 12.8 Å². The lowest BCUT2D eigenvalue weighted by Crippen LogP contribution is -2.49. The number of esters is 1. The van der Waals surface area contributed by atoms with Crippen molar-refractivity contribution in [1.29, 1.82) is 0 Å². The summed E-state index contributed by atoms with van der Waals surface area (Å²) in [5.41, 5.74) is 0. The molecule has 2 saturated heterocycles. The number of methoxy groups -OCH3 is 1. The van der Waals surface area contributed by atoms with E-state index in [1.807, 2.05) is 0 Å². The summed E-state index contributed by atoms with van der Waals surface area (Å²) in [4.78, 5) is 24.9. The van der Waals surface area contributed by atoms with Crippen LogP contribution >= 0.6 is 0 Å². The molecule has 3 unspecified atom stereocenters. The van der Waals surface area contributed by atoms with Gasteiger partial charge in [0.2, 0.25) is 0 Å². The Labute approximate surface area is 105 Å². The zero-order valence-electron chi connectivity index (χ0n) is 10.3. The van der Waals surface area contributed by atoms with Gasteiger partial charge in [-0.3, -0.25) is 0 Å². The molecule has 2 rings (SSSR count). The van der Waals surface area contributed by atoms with Gasteiger partial charge >= 0.3 is 12.0 Å². The van der Waals surface area contributed by atoms with E-state index >= 15 is 0 Å². The number of hydrogen-bond acceptors (Lipinski definition) is 5. The largest absolute Gasteiger partial charge is 0.467 e. The lowest BCUT2D eigenvalue weighted by molar-refractivity contribution is -0.145. The fraction of sp³-hybridized carbons (Fsp3) is 0.818. The number of carbonyl (C=O) groups is 2. The number of amides is 2. The van der Waals surface area contributed by atoms with Gasteiger partial charge in [0, 0.05) is 19.6 Å². The predicted molar refractivity (Wildman–Crippen MR) is 60.9 cm³/mol. The van der Waals surface area contributed by atoms with E-state index in [4.69, 9.17) is 4.74 Å². The highest BCUT2D eigenvalue weighted by molar-refractivity contribution is 5.84. The number of aliphatic hydroxyl groups excluding tert-OH is 1. The van der Waals surface area contributed by atoms with Crippen LogP contribution in [-0.2, 0) is 14.3 Å². The normalized spacial score (nSPS) is 31.4. The molecular weight excluding hydrogens is 240 g/mol. The molecule has 2 aliphatic rings. The van der Waals surface area contributed by atoms with Gasteiger partial charge in [-0.2, -0.15) is 0 Å². The molecule has 0 aromatic carbocycles. The van der Waals surface area contributed by atoms with Crippen LogP contribution in [0.5, 0.6) is 0 Å². The number of rotatable bonds is 2. The molecule has 2 amide bonds. The third-order valence-corrected chi connectivity index (χ3v) is 3.27. The molecule has 102 valence electrons. The summed E-state index contributed by atoms with van der Waals surface area (Å²) in [6.07, 6.45) is 0.311. The lowest BCUT2D eigenvalue weighted by atomic mass is 10.2. The van der Waals surface area contributed by atoms with Gasteiger partial charge in [0.05, 0.1) is 25.9 Å². The second-order valence-corrected chi connectivity index (χ2v) is 4.59. The molecule has 2 aliphatic heterocycles. The van der Waals surface area contributed by atoms with Crippen LogP contribution in [0.15, 0.2) is 0 Å². The summed E-state index contributed by atoms with van der Waals surface area (Å²) >= 11 is 0. The Morgan fingerprint density at radius 3 is 2.89 bits per heavy atom. The fourth-order valence-electron chi connectivity index (χ4n) is 2.30. The Morgan fingerprint density at radius 2 is 2.28 bits per heavy atom. The Bertz CT molecular complexity index is 329. The number of likely N-dealkylation sites (tertiary alicyclic amines) is 1. The van der Waals surface area contributed by atoms with Crippen molar-refractivity contribution >= 4 is 12.0 Å². The molecule has 18 heavy (non-hydrogen) atoms.